The zero-order valence-electron chi connectivity index (χ0n) is 17.7. The van der Waals surface area contributed by atoms with E-state index in [-0.39, 0.29) is 17.5 Å². The van der Waals surface area contributed by atoms with Gasteiger partial charge in [-0.15, -0.1) is 0 Å². The first-order valence-corrected chi connectivity index (χ1v) is 11.6. The molecular weight excluding hydrogens is 358 g/mol. The van der Waals surface area contributed by atoms with E-state index < -0.39 is 0 Å². The summed E-state index contributed by atoms with van der Waals surface area (Å²) in [7, 11) is 0. The summed E-state index contributed by atoms with van der Waals surface area (Å²) >= 11 is 0. The lowest BCUT2D eigenvalue weighted by Crippen LogP contribution is -2.36. The normalized spacial score (nSPS) is 20.0. The minimum atomic E-state index is -0.215. The molecule has 1 aliphatic carbocycles. The molecule has 0 atom stereocenters. The number of nitriles is 1. The Kier molecular flexibility index (Phi) is 8.61. The smallest absolute Gasteiger partial charge is 0.263 e. The number of aryl methyl sites for hydroxylation is 1. The number of fused-ring (bicyclic) bond motifs is 1. The highest BCUT2D eigenvalue weighted by Crippen LogP contribution is 2.27. The molecule has 2 aliphatic rings. The summed E-state index contributed by atoms with van der Waals surface area (Å²) in [4.78, 5) is 14.9. The third kappa shape index (κ3) is 6.63. The van der Waals surface area contributed by atoms with Crippen molar-refractivity contribution in [3.05, 3.63) is 41.6 Å². The molecule has 3 rings (SSSR count). The standard InChI is InChI=1S/C25H35N3O/c26-19-22(20-28-18-12-14-21-13-10-11-17-24(21)28)25(29)27-23-15-8-6-4-2-1-3-5-7-9-16-23/h10-11,13,17,20,23H,1-9,12,14-16,18H2,(H,27,29)/b22-20-. The molecule has 0 saturated heterocycles. The molecule has 1 aliphatic heterocycles. The Morgan fingerprint density at radius 2 is 1.59 bits per heavy atom. The van der Waals surface area contributed by atoms with Crippen LogP contribution >= 0.6 is 0 Å². The van der Waals surface area contributed by atoms with Crippen molar-refractivity contribution in [1.29, 1.82) is 5.26 Å². The zero-order valence-corrected chi connectivity index (χ0v) is 17.7. The van der Waals surface area contributed by atoms with E-state index in [0.717, 1.165) is 50.8 Å². The Labute approximate surface area is 176 Å². The lowest BCUT2D eigenvalue weighted by atomic mass is 9.97. The van der Waals surface area contributed by atoms with E-state index in [2.05, 4.69) is 28.4 Å². The molecule has 1 aromatic rings. The van der Waals surface area contributed by atoms with Gasteiger partial charge in [0.05, 0.1) is 0 Å². The first-order chi connectivity index (χ1) is 14.3. The second-order valence-electron chi connectivity index (χ2n) is 8.51. The van der Waals surface area contributed by atoms with E-state index in [4.69, 9.17) is 0 Å². The average molecular weight is 394 g/mol. The molecule has 4 nitrogen and oxygen atoms in total. The highest BCUT2D eigenvalue weighted by molar-refractivity contribution is 5.97. The van der Waals surface area contributed by atoms with E-state index in [1.807, 2.05) is 12.1 Å². The van der Waals surface area contributed by atoms with Gasteiger partial charge in [0.2, 0.25) is 0 Å². The Balaban J connectivity index is 1.63. The molecule has 0 aromatic heterocycles. The molecule has 0 spiro atoms. The number of amides is 1. The maximum Gasteiger partial charge on any atom is 0.263 e. The molecule has 1 heterocycles. The average Bonchev–Trinajstić information content (AvgIpc) is 2.74. The van der Waals surface area contributed by atoms with Crippen LogP contribution < -0.4 is 10.2 Å². The number of hydrogen-bond acceptors (Lipinski definition) is 3. The van der Waals surface area contributed by atoms with Crippen molar-refractivity contribution in [3.8, 4) is 6.07 Å². The second kappa shape index (κ2) is 11.7. The van der Waals surface area contributed by atoms with Gasteiger partial charge in [-0.25, -0.2) is 0 Å². The molecule has 0 bridgehead atoms. The summed E-state index contributed by atoms with van der Waals surface area (Å²) in [6, 6.07) is 10.6. The van der Waals surface area contributed by atoms with E-state index in [1.54, 1.807) is 6.20 Å². The van der Waals surface area contributed by atoms with Gasteiger partial charge < -0.3 is 10.2 Å². The highest BCUT2D eigenvalue weighted by atomic mass is 16.1. The molecule has 1 aromatic carbocycles. The van der Waals surface area contributed by atoms with Gasteiger partial charge in [0, 0.05) is 24.5 Å². The number of benzene rings is 1. The van der Waals surface area contributed by atoms with Crippen LogP contribution in [0.15, 0.2) is 36.0 Å². The van der Waals surface area contributed by atoms with Crippen LogP contribution in [0.3, 0.4) is 0 Å². The van der Waals surface area contributed by atoms with Gasteiger partial charge in [-0.05, 0) is 37.3 Å². The van der Waals surface area contributed by atoms with Gasteiger partial charge in [-0.2, -0.15) is 5.26 Å². The fourth-order valence-electron chi connectivity index (χ4n) is 4.56. The first kappa shape index (κ1) is 21.4. The minimum Gasteiger partial charge on any atom is -0.349 e. The van der Waals surface area contributed by atoms with E-state index in [9.17, 15) is 10.1 Å². The van der Waals surface area contributed by atoms with Crippen molar-refractivity contribution in [2.75, 3.05) is 11.4 Å². The van der Waals surface area contributed by atoms with Crippen molar-refractivity contribution in [3.63, 3.8) is 0 Å². The van der Waals surface area contributed by atoms with E-state index in [0.29, 0.717) is 0 Å². The van der Waals surface area contributed by atoms with Gasteiger partial charge in [0.15, 0.2) is 0 Å². The predicted molar refractivity (Wildman–Crippen MR) is 119 cm³/mol. The fraction of sp³-hybridized carbons (Fsp3) is 0.600. The maximum atomic E-state index is 12.9. The number of para-hydroxylation sites is 1. The molecule has 1 fully saturated rings. The summed E-state index contributed by atoms with van der Waals surface area (Å²) in [5.41, 5.74) is 2.62. The largest absolute Gasteiger partial charge is 0.349 e. The molecule has 1 amide bonds. The van der Waals surface area contributed by atoms with Gasteiger partial charge in [-0.1, -0.05) is 76.0 Å². The number of carbonyl (C=O) groups is 1. The Bertz CT molecular complexity index is 722. The quantitative estimate of drug-likeness (QED) is 0.534. The van der Waals surface area contributed by atoms with E-state index >= 15 is 0 Å². The van der Waals surface area contributed by atoms with Crippen LogP contribution in [0.2, 0.25) is 0 Å². The summed E-state index contributed by atoms with van der Waals surface area (Å²) < 4.78 is 0. The molecule has 1 saturated carbocycles. The third-order valence-electron chi connectivity index (χ3n) is 6.24. The highest BCUT2D eigenvalue weighted by Gasteiger charge is 2.20. The summed E-state index contributed by atoms with van der Waals surface area (Å²) in [5.74, 6) is -0.215. The Morgan fingerprint density at radius 3 is 2.24 bits per heavy atom. The number of rotatable bonds is 3. The van der Waals surface area contributed by atoms with Crippen molar-refractivity contribution < 1.29 is 4.79 Å². The van der Waals surface area contributed by atoms with Gasteiger partial charge in [0.25, 0.3) is 5.91 Å². The van der Waals surface area contributed by atoms with Gasteiger partial charge in [-0.3, -0.25) is 4.79 Å². The summed E-state index contributed by atoms with van der Waals surface area (Å²) in [5, 5.41) is 12.8. The molecule has 29 heavy (non-hydrogen) atoms. The van der Waals surface area contributed by atoms with Crippen molar-refractivity contribution in [2.24, 2.45) is 0 Å². The minimum absolute atomic E-state index is 0.187. The van der Waals surface area contributed by atoms with Crippen LogP contribution in [0.4, 0.5) is 5.69 Å². The molecular formula is C25H35N3O. The number of carbonyl (C=O) groups excluding carboxylic acids is 1. The SMILES string of the molecule is N#C/C(=C/N1CCCc2ccccc21)C(=O)NC1CCCCCCCCCCC1. The van der Waals surface area contributed by atoms with Crippen LogP contribution in [0.1, 0.15) is 82.6 Å². The summed E-state index contributed by atoms with van der Waals surface area (Å²) in [6.07, 6.45) is 17.4. The van der Waals surface area contributed by atoms with Crippen LogP contribution in [0.5, 0.6) is 0 Å². The lowest BCUT2D eigenvalue weighted by molar-refractivity contribution is -0.117. The number of anilines is 1. The molecule has 156 valence electrons. The van der Waals surface area contributed by atoms with Crippen molar-refractivity contribution in [1.82, 2.24) is 5.32 Å². The monoisotopic (exact) mass is 393 g/mol. The molecule has 0 radical (unpaired) electrons. The number of hydrogen-bond donors (Lipinski definition) is 1. The maximum absolute atomic E-state index is 12.9. The van der Waals surface area contributed by atoms with Crippen LogP contribution in [0, 0.1) is 11.3 Å². The van der Waals surface area contributed by atoms with Crippen LogP contribution in [0.25, 0.3) is 0 Å². The first-order valence-electron chi connectivity index (χ1n) is 11.6. The van der Waals surface area contributed by atoms with Gasteiger partial charge in [0.1, 0.15) is 11.6 Å². The number of nitrogens with one attached hydrogen (secondary N) is 1. The Morgan fingerprint density at radius 1 is 0.966 bits per heavy atom. The zero-order chi connectivity index (χ0) is 20.3. The van der Waals surface area contributed by atoms with Crippen molar-refractivity contribution >= 4 is 11.6 Å². The lowest BCUT2D eigenvalue weighted by Gasteiger charge is -2.28. The molecule has 4 heteroatoms. The topological polar surface area (TPSA) is 56.1 Å². The molecule has 1 N–H and O–H groups in total. The fourth-order valence-corrected chi connectivity index (χ4v) is 4.56. The van der Waals surface area contributed by atoms with E-state index in [1.165, 1.54) is 50.5 Å². The van der Waals surface area contributed by atoms with Crippen LogP contribution in [-0.4, -0.2) is 18.5 Å². The number of nitrogens with zero attached hydrogens (tertiary/aromatic N) is 2. The second-order valence-corrected chi connectivity index (χ2v) is 8.51. The Hall–Kier alpha value is -2.28. The molecule has 0 unspecified atom stereocenters. The summed E-state index contributed by atoms with van der Waals surface area (Å²) in [6.45, 7) is 0.846. The van der Waals surface area contributed by atoms with Crippen molar-refractivity contribution in [2.45, 2.75) is 89.5 Å². The predicted octanol–water partition coefficient (Wildman–Crippen LogP) is 5.64. The third-order valence-corrected chi connectivity index (χ3v) is 6.24. The van der Waals surface area contributed by atoms with Crippen LogP contribution in [-0.2, 0) is 11.2 Å². The van der Waals surface area contributed by atoms with Gasteiger partial charge >= 0.3 is 0 Å².